The van der Waals surface area contributed by atoms with E-state index in [-0.39, 0.29) is 27.7 Å². The van der Waals surface area contributed by atoms with Gasteiger partial charge in [-0.1, -0.05) is 18.2 Å². The number of nitrogens with one attached hydrogen (secondary N) is 1. The van der Waals surface area contributed by atoms with E-state index in [4.69, 9.17) is 9.47 Å². The molecule has 2 aromatic carbocycles. The topological polar surface area (TPSA) is 111 Å². The third kappa shape index (κ3) is 4.06. The second-order valence-electron chi connectivity index (χ2n) is 7.09. The van der Waals surface area contributed by atoms with E-state index in [0.29, 0.717) is 23.4 Å². The molecule has 4 rings (SSSR count). The number of benzene rings is 2. The van der Waals surface area contributed by atoms with Crippen LogP contribution in [0.3, 0.4) is 0 Å². The molecule has 9 heteroatoms. The Morgan fingerprint density at radius 1 is 1.03 bits per heavy atom. The molecule has 0 saturated heterocycles. The summed E-state index contributed by atoms with van der Waals surface area (Å²) in [6, 6.07) is 13.0. The van der Waals surface area contributed by atoms with Crippen LogP contribution in [0.1, 0.15) is 22.3 Å². The summed E-state index contributed by atoms with van der Waals surface area (Å²) in [7, 11) is -0.958. The van der Waals surface area contributed by atoms with E-state index in [1.807, 2.05) is 0 Å². The van der Waals surface area contributed by atoms with Crippen molar-refractivity contribution in [1.82, 2.24) is 15.2 Å². The Morgan fingerprint density at radius 2 is 1.81 bits per heavy atom. The molecule has 1 N–H and O–H groups in total. The number of ketones is 1. The van der Waals surface area contributed by atoms with Gasteiger partial charge in [-0.2, -0.15) is 5.10 Å². The van der Waals surface area contributed by atoms with E-state index in [9.17, 15) is 13.2 Å². The maximum Gasteiger partial charge on any atom is 0.210 e. The predicted octanol–water partition coefficient (Wildman–Crippen LogP) is 3.62. The van der Waals surface area contributed by atoms with Gasteiger partial charge in [-0.15, -0.1) is 0 Å². The molecule has 0 atom stereocenters. The summed E-state index contributed by atoms with van der Waals surface area (Å²) in [5.41, 5.74) is 2.00. The molecular formula is C23H21N3O5S. The smallest absolute Gasteiger partial charge is 0.210 e. The predicted molar refractivity (Wildman–Crippen MR) is 118 cm³/mol. The van der Waals surface area contributed by atoms with Gasteiger partial charge in [0.2, 0.25) is 9.84 Å². The Morgan fingerprint density at radius 3 is 2.53 bits per heavy atom. The minimum Gasteiger partial charge on any atom is -0.493 e. The number of para-hydroxylation sites is 1. The molecule has 0 radical (unpaired) electrons. The molecule has 2 aromatic heterocycles. The van der Waals surface area contributed by atoms with Crippen LogP contribution >= 0.6 is 0 Å². The molecule has 8 nitrogen and oxygen atoms in total. The zero-order valence-corrected chi connectivity index (χ0v) is 18.3. The zero-order chi connectivity index (χ0) is 22.7. The number of ether oxygens (including phenoxy) is 2. The average molecular weight is 452 g/mol. The molecule has 0 bridgehead atoms. The van der Waals surface area contributed by atoms with Crippen molar-refractivity contribution in [3.8, 4) is 11.5 Å². The van der Waals surface area contributed by atoms with Crippen LogP contribution in [-0.4, -0.2) is 43.6 Å². The van der Waals surface area contributed by atoms with E-state index >= 15 is 0 Å². The van der Waals surface area contributed by atoms with Gasteiger partial charge >= 0.3 is 0 Å². The summed E-state index contributed by atoms with van der Waals surface area (Å²) < 4.78 is 36.7. The van der Waals surface area contributed by atoms with Crippen molar-refractivity contribution in [2.45, 2.75) is 22.6 Å². The third-order valence-electron chi connectivity index (χ3n) is 5.14. The number of sulfone groups is 1. The van der Waals surface area contributed by atoms with Crippen molar-refractivity contribution in [2.24, 2.45) is 0 Å². The minimum atomic E-state index is -3.81. The van der Waals surface area contributed by atoms with E-state index in [0.717, 1.165) is 10.9 Å². The van der Waals surface area contributed by atoms with Gasteiger partial charge in [0, 0.05) is 23.6 Å². The summed E-state index contributed by atoms with van der Waals surface area (Å²) in [6.45, 7) is 0. The number of aryl methyl sites for hydroxylation is 1. The highest BCUT2D eigenvalue weighted by Gasteiger charge is 2.24. The number of Topliss-reactive ketones (excluding diaryl/α,β-unsaturated/α-hetero) is 1. The Labute approximate surface area is 185 Å². The number of carbonyl (C=O) groups excluding carboxylic acids is 1. The van der Waals surface area contributed by atoms with Gasteiger partial charge in [-0.25, -0.2) is 13.4 Å². The number of H-pyrrole nitrogens is 1. The number of methoxy groups -OCH3 is 2. The Hall–Kier alpha value is -3.72. The van der Waals surface area contributed by atoms with Gasteiger partial charge in [0.05, 0.1) is 25.3 Å². The summed E-state index contributed by atoms with van der Waals surface area (Å²) in [4.78, 5) is 16.9. The molecule has 32 heavy (non-hydrogen) atoms. The lowest BCUT2D eigenvalue weighted by atomic mass is 10.0. The van der Waals surface area contributed by atoms with Crippen LogP contribution in [0.15, 0.2) is 70.7 Å². The van der Waals surface area contributed by atoms with Crippen LogP contribution in [-0.2, 0) is 16.3 Å². The van der Waals surface area contributed by atoms with Gasteiger partial charge in [-0.3, -0.25) is 9.89 Å². The number of aromatic nitrogens is 3. The molecule has 0 saturated carbocycles. The fraction of sp³-hybridized carbons (Fsp3) is 0.174. The SMILES string of the molecule is COc1cccc(S(=O)(=O)c2ccc(CCC(=O)c3cnc4[nH]ncc4c3)cc2)c1OC. The van der Waals surface area contributed by atoms with E-state index < -0.39 is 9.84 Å². The summed E-state index contributed by atoms with van der Waals surface area (Å²) >= 11 is 0. The molecular weight excluding hydrogens is 430 g/mol. The van der Waals surface area contributed by atoms with Gasteiger partial charge in [-0.05, 0) is 42.3 Å². The van der Waals surface area contributed by atoms with Crippen LogP contribution in [0.5, 0.6) is 11.5 Å². The highest BCUT2D eigenvalue weighted by molar-refractivity contribution is 7.91. The van der Waals surface area contributed by atoms with Crippen molar-refractivity contribution in [2.75, 3.05) is 14.2 Å². The maximum atomic E-state index is 13.1. The lowest BCUT2D eigenvalue weighted by molar-refractivity contribution is 0.0982. The number of nitrogens with zero attached hydrogens (tertiary/aromatic N) is 2. The first-order valence-corrected chi connectivity index (χ1v) is 11.3. The number of fused-ring (bicyclic) bond motifs is 1. The molecule has 0 aliphatic heterocycles. The van der Waals surface area contributed by atoms with E-state index in [2.05, 4.69) is 15.2 Å². The Balaban J connectivity index is 1.50. The van der Waals surface area contributed by atoms with Crippen LogP contribution < -0.4 is 9.47 Å². The molecule has 0 amide bonds. The van der Waals surface area contributed by atoms with Crippen molar-refractivity contribution in [3.63, 3.8) is 0 Å². The Bertz CT molecular complexity index is 1380. The first kappa shape index (κ1) is 21.5. The molecule has 0 aliphatic carbocycles. The lowest BCUT2D eigenvalue weighted by Crippen LogP contribution is -2.06. The largest absolute Gasteiger partial charge is 0.493 e. The minimum absolute atomic E-state index is 0.0319. The fourth-order valence-electron chi connectivity index (χ4n) is 3.42. The number of rotatable bonds is 8. The molecule has 0 aliphatic rings. The highest BCUT2D eigenvalue weighted by atomic mass is 32.2. The zero-order valence-electron chi connectivity index (χ0n) is 17.5. The van der Waals surface area contributed by atoms with Crippen molar-refractivity contribution >= 4 is 26.7 Å². The van der Waals surface area contributed by atoms with Crippen LogP contribution in [0.2, 0.25) is 0 Å². The summed E-state index contributed by atoms with van der Waals surface area (Å²) in [5.74, 6) is 0.457. The van der Waals surface area contributed by atoms with E-state index in [1.54, 1.807) is 36.5 Å². The van der Waals surface area contributed by atoms with Crippen molar-refractivity contribution in [3.05, 3.63) is 72.1 Å². The monoisotopic (exact) mass is 451 g/mol. The second kappa shape index (κ2) is 8.80. The van der Waals surface area contributed by atoms with Crippen molar-refractivity contribution < 1.29 is 22.7 Å². The summed E-state index contributed by atoms with van der Waals surface area (Å²) in [5, 5.41) is 7.43. The van der Waals surface area contributed by atoms with Gasteiger partial charge < -0.3 is 9.47 Å². The van der Waals surface area contributed by atoms with Crippen LogP contribution in [0, 0.1) is 0 Å². The molecule has 4 aromatic rings. The number of carbonyl (C=O) groups is 1. The highest BCUT2D eigenvalue weighted by Crippen LogP contribution is 2.36. The number of pyridine rings is 1. The lowest BCUT2D eigenvalue weighted by Gasteiger charge is -2.13. The maximum absolute atomic E-state index is 13.1. The number of hydrogen-bond donors (Lipinski definition) is 1. The summed E-state index contributed by atoms with van der Waals surface area (Å²) in [6.07, 6.45) is 3.90. The first-order valence-electron chi connectivity index (χ1n) is 9.81. The van der Waals surface area contributed by atoms with Gasteiger partial charge in [0.15, 0.2) is 22.9 Å². The second-order valence-corrected chi connectivity index (χ2v) is 9.01. The molecule has 0 fully saturated rings. The first-order chi connectivity index (χ1) is 15.4. The molecule has 164 valence electrons. The Kier molecular flexibility index (Phi) is 5.91. The molecule has 2 heterocycles. The quantitative estimate of drug-likeness (QED) is 0.407. The van der Waals surface area contributed by atoms with E-state index in [1.165, 1.54) is 38.6 Å². The van der Waals surface area contributed by atoms with Crippen molar-refractivity contribution in [1.29, 1.82) is 0 Å². The normalized spacial score (nSPS) is 11.4. The fourth-order valence-corrected chi connectivity index (χ4v) is 4.86. The molecule has 0 spiro atoms. The van der Waals surface area contributed by atoms with Crippen LogP contribution in [0.25, 0.3) is 11.0 Å². The standard InChI is InChI=1S/C23H21N3O5S/c1-30-20-4-3-5-21(22(20)31-2)32(28,29)18-9-6-15(7-10-18)8-11-19(27)16-12-17-14-25-26-23(17)24-13-16/h3-7,9-10,12-14H,8,11H2,1-2H3,(H,24,25,26). The van der Waals surface area contributed by atoms with Gasteiger partial charge in [0.1, 0.15) is 4.90 Å². The third-order valence-corrected chi connectivity index (χ3v) is 6.94. The van der Waals surface area contributed by atoms with Gasteiger partial charge in [0.25, 0.3) is 0 Å². The average Bonchev–Trinajstić information content (AvgIpc) is 3.30. The number of hydrogen-bond acceptors (Lipinski definition) is 7. The number of aromatic amines is 1. The molecule has 0 unspecified atom stereocenters. The van der Waals surface area contributed by atoms with Crippen LogP contribution in [0.4, 0.5) is 0 Å².